The highest BCUT2D eigenvalue weighted by atomic mass is 31.1. The van der Waals surface area contributed by atoms with Crippen LogP contribution >= 0.6 is 8.25 Å². The zero-order valence-corrected chi connectivity index (χ0v) is 30.9. The Morgan fingerprint density at radius 3 is 2.09 bits per heavy atom. The Morgan fingerprint density at radius 2 is 1.49 bits per heavy atom. The number of hydrogen-bond donors (Lipinski definition) is 1. The molecule has 14 heteroatoms. The van der Waals surface area contributed by atoms with Crippen molar-refractivity contribution in [1.82, 2.24) is 14.5 Å². The van der Waals surface area contributed by atoms with E-state index in [2.05, 4.69) is 9.97 Å². The number of aromatic nitrogens is 3. The minimum atomic E-state index is -2.72. The number of benzene rings is 3. The van der Waals surface area contributed by atoms with E-state index in [1.54, 1.807) is 46.4 Å². The van der Waals surface area contributed by atoms with Crippen LogP contribution in [-0.4, -0.2) is 54.7 Å². The number of nitrogens with zero attached hydrogens (tertiary/aromatic N) is 2. The van der Waals surface area contributed by atoms with Crippen LogP contribution in [0.4, 0.5) is 0 Å². The molecule has 53 heavy (non-hydrogen) atoms. The van der Waals surface area contributed by atoms with Crippen LogP contribution in [0.2, 0.25) is 0 Å². The third-order valence-corrected chi connectivity index (χ3v) is 10.1. The van der Waals surface area contributed by atoms with Crippen molar-refractivity contribution in [3.8, 4) is 17.2 Å². The van der Waals surface area contributed by atoms with E-state index in [0.717, 1.165) is 16.7 Å². The van der Waals surface area contributed by atoms with Gasteiger partial charge in [0.25, 0.3) is 5.56 Å². The van der Waals surface area contributed by atoms with Gasteiger partial charge in [0.1, 0.15) is 41.3 Å². The zero-order valence-electron chi connectivity index (χ0n) is 30.0. The van der Waals surface area contributed by atoms with E-state index in [4.69, 9.17) is 32.7 Å². The average molecular weight is 743 g/mol. The highest BCUT2D eigenvalue weighted by Crippen LogP contribution is 2.44. The molecule has 5 aromatic rings. The molecule has 0 aliphatic carbocycles. The molecule has 5 atom stereocenters. The van der Waals surface area contributed by atoms with Gasteiger partial charge in [0, 0.05) is 35.0 Å². The monoisotopic (exact) mass is 742 g/mol. The predicted molar refractivity (Wildman–Crippen MR) is 196 cm³/mol. The van der Waals surface area contributed by atoms with Gasteiger partial charge in [-0.2, -0.15) is 0 Å². The second kappa shape index (κ2) is 16.7. The summed E-state index contributed by atoms with van der Waals surface area (Å²) in [5.41, 5.74) is 0.887. The number of pyridine rings is 1. The first-order chi connectivity index (χ1) is 25.6. The van der Waals surface area contributed by atoms with Gasteiger partial charge in [0.2, 0.25) is 0 Å². The summed E-state index contributed by atoms with van der Waals surface area (Å²) in [5.74, 6) is 1.91. The fourth-order valence-corrected chi connectivity index (χ4v) is 7.17. The fourth-order valence-electron chi connectivity index (χ4n) is 6.31. The predicted octanol–water partition coefficient (Wildman–Crippen LogP) is 6.38. The van der Waals surface area contributed by atoms with Crippen molar-refractivity contribution < 1.29 is 37.3 Å². The van der Waals surface area contributed by atoms with E-state index >= 15 is 0 Å². The normalized spacial score (nSPS) is 18.0. The molecule has 1 aliphatic heterocycles. The maximum absolute atomic E-state index is 13.5. The Balaban J connectivity index is 1.36. The van der Waals surface area contributed by atoms with Crippen LogP contribution in [0.5, 0.6) is 17.2 Å². The molecule has 1 aliphatic rings. The van der Waals surface area contributed by atoms with Crippen molar-refractivity contribution >= 4 is 8.25 Å². The molecule has 0 radical (unpaired) electrons. The fraction of sp³-hybridized carbons (Fsp3) is 0.308. The van der Waals surface area contributed by atoms with Gasteiger partial charge in [-0.05, 0) is 60.9 Å². The first-order valence-corrected chi connectivity index (χ1v) is 18.0. The van der Waals surface area contributed by atoms with Crippen LogP contribution in [0, 0.1) is 6.92 Å². The van der Waals surface area contributed by atoms with Gasteiger partial charge in [-0.1, -0.05) is 54.6 Å². The molecule has 2 aromatic heterocycles. The molecule has 0 spiro atoms. The Kier molecular flexibility index (Phi) is 11.8. The lowest BCUT2D eigenvalue weighted by molar-refractivity contribution is -0.0922. The molecule has 1 saturated heterocycles. The summed E-state index contributed by atoms with van der Waals surface area (Å²) in [4.78, 5) is 31.8. The maximum atomic E-state index is 13.5. The Bertz CT molecular complexity index is 2080. The van der Waals surface area contributed by atoms with E-state index < -0.39 is 49.6 Å². The largest absolute Gasteiger partial charge is 0.698 e. The van der Waals surface area contributed by atoms with Gasteiger partial charge >= 0.3 is 13.9 Å². The van der Waals surface area contributed by atoms with Gasteiger partial charge < -0.3 is 23.7 Å². The molecule has 0 bridgehead atoms. The zero-order chi connectivity index (χ0) is 37.5. The molecule has 3 heterocycles. The second-order valence-corrected chi connectivity index (χ2v) is 13.3. The summed E-state index contributed by atoms with van der Waals surface area (Å²) in [7, 11) is 2.02. The van der Waals surface area contributed by atoms with Crippen LogP contribution in [0.1, 0.15) is 53.6 Å². The minimum absolute atomic E-state index is 0.0820. The van der Waals surface area contributed by atoms with E-state index in [1.165, 1.54) is 17.9 Å². The summed E-state index contributed by atoms with van der Waals surface area (Å²) in [6, 6.07) is 28.3. The lowest BCUT2D eigenvalue weighted by Crippen LogP contribution is -2.38. The van der Waals surface area contributed by atoms with Gasteiger partial charge in [-0.25, -0.2) is 4.79 Å². The molecule has 6 rings (SSSR count). The average Bonchev–Trinajstić information content (AvgIpc) is 3.58. The van der Waals surface area contributed by atoms with Gasteiger partial charge in [0.15, 0.2) is 6.10 Å². The van der Waals surface area contributed by atoms with Crippen molar-refractivity contribution in [2.75, 3.05) is 27.9 Å². The first kappa shape index (κ1) is 37.6. The van der Waals surface area contributed by atoms with Crippen LogP contribution < -0.4 is 25.5 Å². The van der Waals surface area contributed by atoms with Crippen molar-refractivity contribution in [3.63, 3.8) is 0 Å². The summed E-state index contributed by atoms with van der Waals surface area (Å²) in [6.07, 6.45) is -0.215. The highest BCUT2D eigenvalue weighted by molar-refractivity contribution is 7.33. The van der Waals surface area contributed by atoms with Crippen LogP contribution in [-0.2, 0) is 28.7 Å². The lowest BCUT2D eigenvalue weighted by atomic mass is 9.80. The van der Waals surface area contributed by atoms with Crippen molar-refractivity contribution in [2.24, 2.45) is 0 Å². The van der Waals surface area contributed by atoms with Crippen molar-refractivity contribution in [3.05, 3.63) is 152 Å². The summed E-state index contributed by atoms with van der Waals surface area (Å²) < 4.78 is 56.4. The van der Waals surface area contributed by atoms with Gasteiger partial charge in [0.05, 0.1) is 33.6 Å². The Labute approximate surface area is 307 Å². The Morgan fingerprint density at radius 1 is 0.887 bits per heavy atom. The second-order valence-electron chi connectivity index (χ2n) is 12.4. The number of H-pyrrole nitrogens is 1. The van der Waals surface area contributed by atoms with Gasteiger partial charge in [-0.3, -0.25) is 19.3 Å². The minimum Gasteiger partial charge on any atom is -0.497 e. The molecule has 1 unspecified atom stereocenters. The van der Waals surface area contributed by atoms with Crippen molar-refractivity contribution in [1.29, 1.82) is 0 Å². The molecule has 13 nitrogen and oxygen atoms in total. The molecule has 276 valence electrons. The van der Waals surface area contributed by atoms with E-state index in [9.17, 15) is 14.2 Å². The first-order valence-electron chi connectivity index (χ1n) is 16.9. The molecular formula is C39H41N3O10P+. The number of rotatable bonds is 15. The van der Waals surface area contributed by atoms with Crippen LogP contribution in [0.15, 0.2) is 113 Å². The topological polar surface area (TPSA) is 149 Å². The Hall–Kier alpha value is -5.17. The third kappa shape index (κ3) is 8.25. The molecule has 0 amide bonds. The lowest BCUT2D eigenvalue weighted by Gasteiger charge is -2.37. The number of nitrogens with one attached hydrogen (secondary N) is 1. The molecule has 1 N–H and O–H groups in total. The molecule has 0 saturated carbocycles. The quantitative estimate of drug-likeness (QED) is 0.0941. The number of ether oxygens (including phenoxy) is 5. The van der Waals surface area contributed by atoms with E-state index in [0.29, 0.717) is 28.5 Å². The smallest absolute Gasteiger partial charge is 0.497 e. The van der Waals surface area contributed by atoms with Crippen LogP contribution in [0.25, 0.3) is 0 Å². The summed E-state index contributed by atoms with van der Waals surface area (Å²) in [5, 5.41) is 0. The summed E-state index contributed by atoms with van der Waals surface area (Å²) in [6.45, 7) is 3.21. The highest BCUT2D eigenvalue weighted by Gasteiger charge is 2.47. The SMILES string of the molecule is COc1ccc(C(OC[C@H]2O[C@@H](n3cc(C)c(=O)[nH]c3=O)C[C@@H]2O[P+](=O)O[C@H](C)c2cc(OC)ccn2)(c2ccccc2)c2ccc(OC)cc2)cc1. The summed E-state index contributed by atoms with van der Waals surface area (Å²) >= 11 is 0. The standard InChI is InChI=1S/C39H40N3O10P/c1-25-23-42(38(44)41-37(25)43)36-22-34(52-53(45)51-26(2)33-21-32(48-5)19-20-40-33)35(50-36)24-49-39(27-9-7-6-8-10-27,28-11-15-30(46-3)16-12-28)29-13-17-31(47-4)18-14-29/h6-21,23,26,34-36H,22,24H2,1-5H3/p+1/t26-,34+,35-,36-/m1/s1. The third-order valence-electron chi connectivity index (χ3n) is 9.14. The van der Waals surface area contributed by atoms with E-state index in [-0.39, 0.29) is 13.0 Å². The number of hydrogen-bond acceptors (Lipinski definition) is 11. The number of aromatic amines is 1. The van der Waals surface area contributed by atoms with Crippen molar-refractivity contribution in [2.45, 2.75) is 50.4 Å². The van der Waals surface area contributed by atoms with Crippen LogP contribution in [0.3, 0.4) is 0 Å². The van der Waals surface area contributed by atoms with E-state index in [1.807, 2.05) is 78.9 Å². The van der Waals surface area contributed by atoms with Gasteiger partial charge in [-0.15, -0.1) is 9.05 Å². The molecule has 3 aromatic carbocycles. The number of aryl methyl sites for hydroxylation is 1. The molecular weight excluding hydrogens is 701 g/mol. The maximum Gasteiger partial charge on any atom is 0.698 e. The molecule has 1 fully saturated rings. The number of methoxy groups -OCH3 is 3.